The average Bonchev–Trinajstić information content (AvgIpc) is 3.74. The summed E-state index contributed by atoms with van der Waals surface area (Å²) >= 11 is 0. The highest BCUT2D eigenvalue weighted by Gasteiger charge is 2.16. The first kappa shape index (κ1) is 28.8. The van der Waals surface area contributed by atoms with Crippen LogP contribution in [0.2, 0.25) is 0 Å². The van der Waals surface area contributed by atoms with E-state index in [1.807, 2.05) is 0 Å². The normalized spacial score (nSPS) is 11.8. The van der Waals surface area contributed by atoms with Gasteiger partial charge in [-0.15, -0.1) is 0 Å². The van der Waals surface area contributed by atoms with Gasteiger partial charge in [0.1, 0.15) is 6.33 Å². The van der Waals surface area contributed by atoms with Crippen molar-refractivity contribution in [3.8, 4) is 33.8 Å². The van der Waals surface area contributed by atoms with Gasteiger partial charge in [0, 0.05) is 49.3 Å². The molecule has 11 aromatic rings. The molecule has 0 aliphatic rings. The zero-order valence-electron chi connectivity index (χ0n) is 28.1. The van der Waals surface area contributed by atoms with Gasteiger partial charge in [-0.05, 0) is 77.2 Å². The van der Waals surface area contributed by atoms with Crippen LogP contribution in [0.25, 0.3) is 99.0 Å². The zero-order chi connectivity index (χ0) is 34.2. The Morgan fingerprint density at radius 2 is 0.808 bits per heavy atom. The minimum atomic E-state index is 0.928. The lowest BCUT2D eigenvalue weighted by Gasteiger charge is -2.13. The SMILES string of the molecule is c1cc(-c2ccc3c(ccc4c(-c5cccc(-n6c7ccccc7c7ccccc76)c5)ncnc43)c2)cc(-n2c3ccccc3c3ccccc32)c1. The Bertz CT molecular complexity index is 3090. The molecular formula is C48H30N4. The van der Waals surface area contributed by atoms with Crippen molar-refractivity contribution < 1.29 is 0 Å². The van der Waals surface area contributed by atoms with E-state index in [0.29, 0.717) is 0 Å². The van der Waals surface area contributed by atoms with Crippen LogP contribution in [0.5, 0.6) is 0 Å². The van der Waals surface area contributed by atoms with Gasteiger partial charge in [-0.2, -0.15) is 0 Å². The Labute approximate surface area is 299 Å². The molecule has 0 atom stereocenters. The van der Waals surface area contributed by atoms with Gasteiger partial charge < -0.3 is 9.13 Å². The Kier molecular flexibility index (Phi) is 6.22. The molecular weight excluding hydrogens is 633 g/mol. The Morgan fingerprint density at radius 3 is 1.38 bits per heavy atom. The summed E-state index contributed by atoms with van der Waals surface area (Å²) < 4.78 is 4.72. The molecule has 0 bridgehead atoms. The summed E-state index contributed by atoms with van der Waals surface area (Å²) in [4.78, 5) is 9.69. The standard InChI is InChI=1S/C48H30N4/c1-5-19-43-38(15-1)39-16-2-6-20-44(39)51(43)35-13-9-11-31(28-35)32-23-25-37-33(27-32)24-26-42-47(49-30-50-48(37)42)34-12-10-14-36(29-34)52-45-21-7-3-17-40(45)41-18-4-8-22-46(41)52/h1-30H. The molecule has 4 heteroatoms. The maximum absolute atomic E-state index is 4.85. The lowest BCUT2D eigenvalue weighted by Crippen LogP contribution is -1.96. The van der Waals surface area contributed by atoms with Gasteiger partial charge in [0.25, 0.3) is 0 Å². The molecule has 0 aliphatic heterocycles. The van der Waals surface area contributed by atoms with Gasteiger partial charge >= 0.3 is 0 Å². The summed E-state index contributed by atoms with van der Waals surface area (Å²) in [5.74, 6) is 0. The fraction of sp³-hybridized carbons (Fsp3) is 0. The smallest absolute Gasteiger partial charge is 0.116 e. The van der Waals surface area contributed by atoms with Gasteiger partial charge in [0.15, 0.2) is 0 Å². The molecule has 3 heterocycles. The van der Waals surface area contributed by atoms with Gasteiger partial charge in [-0.3, -0.25) is 0 Å². The average molecular weight is 663 g/mol. The highest BCUT2D eigenvalue weighted by atomic mass is 15.0. The van der Waals surface area contributed by atoms with E-state index < -0.39 is 0 Å². The van der Waals surface area contributed by atoms with E-state index in [1.54, 1.807) is 6.33 Å². The van der Waals surface area contributed by atoms with Crippen LogP contribution in [0.1, 0.15) is 0 Å². The number of rotatable bonds is 4. The number of para-hydroxylation sites is 4. The summed E-state index contributed by atoms with van der Waals surface area (Å²) in [5, 5.41) is 8.33. The Morgan fingerprint density at radius 1 is 0.327 bits per heavy atom. The summed E-state index contributed by atoms with van der Waals surface area (Å²) in [7, 11) is 0. The number of hydrogen-bond donors (Lipinski definition) is 0. The Balaban J connectivity index is 1.01. The van der Waals surface area contributed by atoms with Crippen molar-refractivity contribution in [2.24, 2.45) is 0 Å². The second-order valence-electron chi connectivity index (χ2n) is 13.5. The van der Waals surface area contributed by atoms with Crippen LogP contribution < -0.4 is 0 Å². The lowest BCUT2D eigenvalue weighted by molar-refractivity contribution is 1.17. The number of fused-ring (bicyclic) bond motifs is 9. The van der Waals surface area contributed by atoms with Crippen LogP contribution >= 0.6 is 0 Å². The third-order valence-electron chi connectivity index (χ3n) is 10.6. The van der Waals surface area contributed by atoms with E-state index in [2.05, 4.69) is 185 Å². The van der Waals surface area contributed by atoms with Crippen molar-refractivity contribution in [2.45, 2.75) is 0 Å². The molecule has 242 valence electrons. The quantitative estimate of drug-likeness (QED) is 0.176. The van der Waals surface area contributed by atoms with E-state index >= 15 is 0 Å². The fourth-order valence-electron chi connectivity index (χ4n) is 8.29. The third kappa shape index (κ3) is 4.28. The highest BCUT2D eigenvalue weighted by Crippen LogP contribution is 2.37. The Hall–Kier alpha value is -7.04. The van der Waals surface area contributed by atoms with Crippen molar-refractivity contribution in [2.75, 3.05) is 0 Å². The van der Waals surface area contributed by atoms with Crippen molar-refractivity contribution in [3.05, 3.63) is 182 Å². The van der Waals surface area contributed by atoms with E-state index in [4.69, 9.17) is 9.97 Å². The topological polar surface area (TPSA) is 35.6 Å². The lowest BCUT2D eigenvalue weighted by atomic mass is 9.97. The van der Waals surface area contributed by atoms with Crippen molar-refractivity contribution >= 4 is 65.3 Å². The minimum Gasteiger partial charge on any atom is -0.309 e. The highest BCUT2D eigenvalue weighted by molar-refractivity contribution is 6.12. The molecule has 0 fully saturated rings. The number of aromatic nitrogens is 4. The van der Waals surface area contributed by atoms with Crippen LogP contribution in [0.3, 0.4) is 0 Å². The third-order valence-corrected chi connectivity index (χ3v) is 10.6. The predicted octanol–water partition coefficient (Wildman–Crippen LogP) is 12.3. The van der Waals surface area contributed by atoms with Gasteiger partial charge in [0.2, 0.25) is 0 Å². The largest absolute Gasteiger partial charge is 0.309 e. The number of benzene rings is 8. The summed E-state index contributed by atoms with van der Waals surface area (Å²) in [6, 6.07) is 63.2. The summed E-state index contributed by atoms with van der Waals surface area (Å²) in [6.07, 6.45) is 1.70. The summed E-state index contributed by atoms with van der Waals surface area (Å²) in [6.45, 7) is 0. The molecule has 8 aromatic carbocycles. The number of hydrogen-bond acceptors (Lipinski definition) is 2. The van der Waals surface area contributed by atoms with Crippen molar-refractivity contribution in [1.82, 2.24) is 19.1 Å². The van der Waals surface area contributed by atoms with Gasteiger partial charge in [-0.1, -0.05) is 115 Å². The molecule has 52 heavy (non-hydrogen) atoms. The van der Waals surface area contributed by atoms with Gasteiger partial charge in [0.05, 0.1) is 33.3 Å². The molecule has 3 aromatic heterocycles. The molecule has 0 amide bonds. The zero-order valence-corrected chi connectivity index (χ0v) is 28.1. The first-order valence-electron chi connectivity index (χ1n) is 17.7. The molecule has 0 aliphatic carbocycles. The minimum absolute atomic E-state index is 0.928. The second kappa shape index (κ2) is 11.2. The predicted molar refractivity (Wildman–Crippen MR) is 217 cm³/mol. The second-order valence-corrected chi connectivity index (χ2v) is 13.5. The van der Waals surface area contributed by atoms with E-state index in [1.165, 1.54) is 54.7 Å². The monoisotopic (exact) mass is 662 g/mol. The first-order chi connectivity index (χ1) is 25.8. The molecule has 0 radical (unpaired) electrons. The maximum Gasteiger partial charge on any atom is 0.116 e. The molecule has 0 saturated carbocycles. The van der Waals surface area contributed by atoms with E-state index in [-0.39, 0.29) is 0 Å². The van der Waals surface area contributed by atoms with Crippen LogP contribution in [0.4, 0.5) is 0 Å². The molecule has 0 unspecified atom stereocenters. The number of nitrogens with zero attached hydrogens (tertiary/aromatic N) is 4. The van der Waals surface area contributed by atoms with Crippen LogP contribution in [-0.2, 0) is 0 Å². The van der Waals surface area contributed by atoms with E-state index in [0.717, 1.165) is 44.3 Å². The maximum atomic E-state index is 4.85. The van der Waals surface area contributed by atoms with E-state index in [9.17, 15) is 0 Å². The summed E-state index contributed by atoms with van der Waals surface area (Å²) in [5.41, 5.74) is 12.3. The van der Waals surface area contributed by atoms with Crippen LogP contribution in [0, 0.1) is 0 Å². The molecule has 11 rings (SSSR count). The first-order valence-corrected chi connectivity index (χ1v) is 17.7. The molecule has 0 saturated heterocycles. The molecule has 0 spiro atoms. The van der Waals surface area contributed by atoms with Crippen molar-refractivity contribution in [3.63, 3.8) is 0 Å². The van der Waals surface area contributed by atoms with Crippen LogP contribution in [0.15, 0.2) is 182 Å². The molecule has 0 N–H and O–H groups in total. The molecule has 4 nitrogen and oxygen atoms in total. The van der Waals surface area contributed by atoms with Crippen molar-refractivity contribution in [1.29, 1.82) is 0 Å². The fourth-order valence-corrected chi connectivity index (χ4v) is 8.29. The van der Waals surface area contributed by atoms with Crippen LogP contribution in [-0.4, -0.2) is 19.1 Å². The van der Waals surface area contributed by atoms with Gasteiger partial charge in [-0.25, -0.2) is 9.97 Å².